The molecule has 5 heteroatoms. The van der Waals surface area contributed by atoms with Crippen molar-refractivity contribution in [1.29, 1.82) is 0 Å². The average molecular weight is 356 g/mol. The van der Waals surface area contributed by atoms with Crippen molar-refractivity contribution in [2.45, 2.75) is 38.6 Å². The summed E-state index contributed by atoms with van der Waals surface area (Å²) in [7, 11) is 0. The number of halogens is 1. The van der Waals surface area contributed by atoms with Crippen molar-refractivity contribution >= 4 is 5.91 Å². The van der Waals surface area contributed by atoms with E-state index in [1.165, 1.54) is 6.07 Å². The first-order valence-corrected chi connectivity index (χ1v) is 9.15. The van der Waals surface area contributed by atoms with Gasteiger partial charge in [-0.15, -0.1) is 0 Å². The SMILES string of the molecule is Cc1ccc(CCC(=O)NC(c2cccnc2)C2CCOCC2)cc1F. The first-order chi connectivity index (χ1) is 12.6. The Balaban J connectivity index is 1.63. The van der Waals surface area contributed by atoms with Gasteiger partial charge in [-0.25, -0.2) is 4.39 Å². The molecule has 1 aromatic carbocycles. The second-order valence-electron chi connectivity index (χ2n) is 6.86. The highest BCUT2D eigenvalue weighted by molar-refractivity contribution is 5.76. The number of pyridine rings is 1. The number of hydrogen-bond acceptors (Lipinski definition) is 3. The molecular formula is C21H25FN2O2. The van der Waals surface area contributed by atoms with Crippen LogP contribution in [0.1, 0.15) is 42.0 Å². The molecule has 0 spiro atoms. The van der Waals surface area contributed by atoms with Crippen LogP contribution in [0.15, 0.2) is 42.7 Å². The first-order valence-electron chi connectivity index (χ1n) is 9.15. The van der Waals surface area contributed by atoms with Crippen molar-refractivity contribution in [2.24, 2.45) is 5.92 Å². The van der Waals surface area contributed by atoms with Crippen LogP contribution in [-0.4, -0.2) is 24.1 Å². The number of nitrogens with zero attached hydrogens (tertiary/aromatic N) is 1. The monoisotopic (exact) mass is 356 g/mol. The number of aryl methyl sites for hydroxylation is 2. The third kappa shape index (κ3) is 4.88. The lowest BCUT2D eigenvalue weighted by Gasteiger charge is -2.31. The molecule has 1 aromatic heterocycles. The smallest absolute Gasteiger partial charge is 0.220 e. The molecular weight excluding hydrogens is 331 g/mol. The predicted octanol–water partition coefficient (Wildman–Crippen LogP) is 3.75. The van der Waals surface area contributed by atoms with Gasteiger partial charge < -0.3 is 10.1 Å². The largest absolute Gasteiger partial charge is 0.381 e. The lowest BCUT2D eigenvalue weighted by molar-refractivity contribution is -0.122. The molecule has 1 saturated heterocycles. The van der Waals surface area contributed by atoms with E-state index < -0.39 is 0 Å². The number of carbonyl (C=O) groups is 1. The van der Waals surface area contributed by atoms with E-state index in [4.69, 9.17) is 4.74 Å². The molecule has 0 bridgehead atoms. The van der Waals surface area contributed by atoms with Gasteiger partial charge in [-0.3, -0.25) is 9.78 Å². The zero-order chi connectivity index (χ0) is 18.4. The maximum absolute atomic E-state index is 13.7. The van der Waals surface area contributed by atoms with Crippen LogP contribution in [0.3, 0.4) is 0 Å². The highest BCUT2D eigenvalue weighted by Crippen LogP contribution is 2.29. The second kappa shape index (κ2) is 8.90. The number of amides is 1. The highest BCUT2D eigenvalue weighted by atomic mass is 19.1. The topological polar surface area (TPSA) is 51.2 Å². The summed E-state index contributed by atoms with van der Waals surface area (Å²) >= 11 is 0. The maximum Gasteiger partial charge on any atom is 0.220 e. The molecule has 2 aromatic rings. The van der Waals surface area contributed by atoms with Gasteiger partial charge in [0.15, 0.2) is 0 Å². The minimum Gasteiger partial charge on any atom is -0.381 e. The molecule has 2 heterocycles. The molecule has 1 amide bonds. The third-order valence-corrected chi connectivity index (χ3v) is 4.97. The first kappa shape index (κ1) is 18.5. The van der Waals surface area contributed by atoms with Crippen molar-refractivity contribution in [2.75, 3.05) is 13.2 Å². The average Bonchev–Trinajstić information content (AvgIpc) is 2.68. The zero-order valence-corrected chi connectivity index (χ0v) is 15.1. The van der Waals surface area contributed by atoms with Gasteiger partial charge in [-0.05, 0) is 60.9 Å². The molecule has 1 aliphatic heterocycles. The van der Waals surface area contributed by atoms with Gasteiger partial charge in [0.25, 0.3) is 0 Å². The van der Waals surface area contributed by atoms with Crippen molar-refractivity contribution in [3.8, 4) is 0 Å². The Morgan fingerprint density at radius 1 is 1.35 bits per heavy atom. The number of benzene rings is 1. The number of hydrogen-bond donors (Lipinski definition) is 1. The minimum absolute atomic E-state index is 0.0219. The van der Waals surface area contributed by atoms with E-state index in [1.54, 1.807) is 19.2 Å². The van der Waals surface area contributed by atoms with Gasteiger partial charge in [0.2, 0.25) is 5.91 Å². The van der Waals surface area contributed by atoms with Crippen molar-refractivity contribution in [1.82, 2.24) is 10.3 Å². The summed E-state index contributed by atoms with van der Waals surface area (Å²) in [5.74, 6) is 0.0957. The van der Waals surface area contributed by atoms with Crippen LogP contribution in [0.4, 0.5) is 4.39 Å². The summed E-state index contributed by atoms with van der Waals surface area (Å²) in [6.45, 7) is 3.18. The molecule has 138 valence electrons. The molecule has 3 rings (SSSR count). The van der Waals surface area contributed by atoms with Crippen LogP contribution in [-0.2, 0) is 16.0 Å². The number of nitrogens with one attached hydrogen (secondary N) is 1. The number of ether oxygens (including phenoxy) is 1. The van der Waals surface area contributed by atoms with Crippen molar-refractivity contribution in [3.05, 3.63) is 65.2 Å². The summed E-state index contributed by atoms with van der Waals surface area (Å²) in [5, 5.41) is 3.17. The number of aromatic nitrogens is 1. The molecule has 1 N–H and O–H groups in total. The van der Waals surface area contributed by atoms with E-state index in [2.05, 4.69) is 10.3 Å². The van der Waals surface area contributed by atoms with Crippen LogP contribution in [0.5, 0.6) is 0 Å². The standard InChI is InChI=1S/C21H25FN2O2/c1-15-4-5-16(13-19(15)22)6-7-20(25)24-21(17-8-11-26-12-9-17)18-3-2-10-23-14-18/h2-5,10,13-14,17,21H,6-9,11-12H2,1H3,(H,24,25). The Bertz CT molecular complexity index is 730. The molecule has 1 fully saturated rings. The minimum atomic E-state index is -0.224. The van der Waals surface area contributed by atoms with Crippen molar-refractivity contribution in [3.63, 3.8) is 0 Å². The Morgan fingerprint density at radius 2 is 2.15 bits per heavy atom. The van der Waals surface area contributed by atoms with E-state index in [1.807, 2.05) is 24.4 Å². The van der Waals surface area contributed by atoms with E-state index in [0.29, 0.717) is 24.3 Å². The predicted molar refractivity (Wildman–Crippen MR) is 98.1 cm³/mol. The molecule has 1 unspecified atom stereocenters. The van der Waals surface area contributed by atoms with Crippen LogP contribution in [0.2, 0.25) is 0 Å². The fourth-order valence-corrected chi connectivity index (χ4v) is 3.38. The van der Waals surface area contributed by atoms with Crippen LogP contribution < -0.4 is 5.32 Å². The molecule has 26 heavy (non-hydrogen) atoms. The maximum atomic E-state index is 13.7. The van der Waals surface area contributed by atoms with Crippen LogP contribution >= 0.6 is 0 Å². The van der Waals surface area contributed by atoms with E-state index in [0.717, 1.165) is 37.2 Å². The van der Waals surface area contributed by atoms with Gasteiger partial charge in [0.1, 0.15) is 5.82 Å². The second-order valence-corrected chi connectivity index (χ2v) is 6.86. The van der Waals surface area contributed by atoms with E-state index in [9.17, 15) is 9.18 Å². The van der Waals surface area contributed by atoms with Gasteiger partial charge in [0, 0.05) is 32.0 Å². The van der Waals surface area contributed by atoms with Crippen LogP contribution in [0, 0.1) is 18.7 Å². The van der Waals surface area contributed by atoms with Crippen molar-refractivity contribution < 1.29 is 13.9 Å². The third-order valence-electron chi connectivity index (χ3n) is 4.97. The van der Waals surface area contributed by atoms with Gasteiger partial charge in [0.05, 0.1) is 6.04 Å². The normalized spacial score (nSPS) is 16.2. The lowest BCUT2D eigenvalue weighted by Crippen LogP contribution is -2.36. The Hall–Kier alpha value is -2.27. The van der Waals surface area contributed by atoms with E-state index in [-0.39, 0.29) is 17.8 Å². The summed E-state index contributed by atoms with van der Waals surface area (Å²) in [6.07, 6.45) is 6.25. The summed E-state index contributed by atoms with van der Waals surface area (Å²) in [6, 6.07) is 8.98. The quantitative estimate of drug-likeness (QED) is 0.858. The molecule has 1 atom stereocenters. The van der Waals surface area contributed by atoms with Gasteiger partial charge in [-0.1, -0.05) is 18.2 Å². The Labute approximate surface area is 153 Å². The molecule has 0 aliphatic carbocycles. The number of rotatable bonds is 6. The number of carbonyl (C=O) groups excluding carboxylic acids is 1. The molecule has 4 nitrogen and oxygen atoms in total. The fraction of sp³-hybridized carbons (Fsp3) is 0.429. The summed E-state index contributed by atoms with van der Waals surface area (Å²) < 4.78 is 19.1. The molecule has 0 radical (unpaired) electrons. The highest BCUT2D eigenvalue weighted by Gasteiger charge is 2.27. The van der Waals surface area contributed by atoms with Gasteiger partial charge in [-0.2, -0.15) is 0 Å². The summed E-state index contributed by atoms with van der Waals surface area (Å²) in [4.78, 5) is 16.7. The molecule has 1 aliphatic rings. The zero-order valence-electron chi connectivity index (χ0n) is 15.1. The summed E-state index contributed by atoms with van der Waals surface area (Å²) in [5.41, 5.74) is 2.48. The Morgan fingerprint density at radius 3 is 2.85 bits per heavy atom. The van der Waals surface area contributed by atoms with E-state index >= 15 is 0 Å². The van der Waals surface area contributed by atoms with Gasteiger partial charge >= 0.3 is 0 Å². The Kier molecular flexibility index (Phi) is 6.34. The lowest BCUT2D eigenvalue weighted by atomic mass is 9.87. The molecule has 0 saturated carbocycles. The fourth-order valence-electron chi connectivity index (χ4n) is 3.38. The van der Waals surface area contributed by atoms with Crippen LogP contribution in [0.25, 0.3) is 0 Å².